The molecule has 0 bridgehead atoms. The Labute approximate surface area is 132 Å². The van der Waals surface area contributed by atoms with Gasteiger partial charge in [0.05, 0.1) is 6.10 Å². The van der Waals surface area contributed by atoms with Crippen LogP contribution in [0.25, 0.3) is 0 Å². The number of hydrogen-bond acceptors (Lipinski definition) is 4. The average Bonchev–Trinajstić information content (AvgIpc) is 2.47. The first-order valence-electron chi connectivity index (χ1n) is 7.88. The van der Waals surface area contributed by atoms with Crippen LogP contribution in [-0.2, 0) is 6.54 Å². The van der Waals surface area contributed by atoms with Crippen molar-refractivity contribution in [2.45, 2.75) is 50.8 Å². The minimum Gasteiger partial charge on any atom is -0.508 e. The summed E-state index contributed by atoms with van der Waals surface area (Å²) < 4.78 is 0. The molecule has 4 heteroatoms. The fourth-order valence-electron chi connectivity index (χ4n) is 3.12. The average molecular weight is 309 g/mol. The topological polar surface area (TPSA) is 43.7 Å². The smallest absolute Gasteiger partial charge is 0.115 e. The third-order valence-electron chi connectivity index (χ3n) is 4.27. The molecule has 0 aliphatic heterocycles. The maximum absolute atomic E-state index is 9.69. The van der Waals surface area contributed by atoms with E-state index in [2.05, 4.69) is 17.2 Å². The number of rotatable bonds is 7. The predicted molar refractivity (Wildman–Crippen MR) is 89.8 cm³/mol. The Morgan fingerprint density at radius 1 is 1.24 bits per heavy atom. The van der Waals surface area contributed by atoms with Crippen LogP contribution in [-0.4, -0.2) is 45.8 Å². The molecular formula is C17H27NO2S. The molecule has 1 aliphatic carbocycles. The van der Waals surface area contributed by atoms with Crippen LogP contribution in [0.15, 0.2) is 24.3 Å². The van der Waals surface area contributed by atoms with E-state index in [9.17, 15) is 10.2 Å². The van der Waals surface area contributed by atoms with Gasteiger partial charge in [0.1, 0.15) is 5.75 Å². The lowest BCUT2D eigenvalue weighted by Gasteiger charge is -2.36. The molecule has 0 saturated heterocycles. The van der Waals surface area contributed by atoms with Crippen molar-refractivity contribution in [1.82, 2.24) is 4.90 Å². The predicted octanol–water partition coefficient (Wildman–Crippen LogP) is 3.25. The first kappa shape index (κ1) is 16.7. The van der Waals surface area contributed by atoms with Crippen molar-refractivity contribution in [3.63, 3.8) is 0 Å². The first-order valence-corrected chi connectivity index (χ1v) is 9.27. The van der Waals surface area contributed by atoms with Gasteiger partial charge in [-0.1, -0.05) is 12.1 Å². The summed E-state index contributed by atoms with van der Waals surface area (Å²) in [6.45, 7) is 1.99. The summed E-state index contributed by atoms with van der Waals surface area (Å²) in [5, 5.41) is 19.3. The maximum Gasteiger partial charge on any atom is 0.115 e. The normalized spacial score (nSPS) is 22.6. The quantitative estimate of drug-likeness (QED) is 0.759. The van der Waals surface area contributed by atoms with Crippen molar-refractivity contribution < 1.29 is 10.2 Å². The van der Waals surface area contributed by atoms with Crippen molar-refractivity contribution in [2.24, 2.45) is 0 Å². The molecule has 118 valence electrons. The third kappa shape index (κ3) is 5.53. The number of aromatic hydroxyl groups is 1. The second kappa shape index (κ2) is 8.66. The Hall–Kier alpha value is -0.710. The van der Waals surface area contributed by atoms with E-state index in [1.807, 2.05) is 23.9 Å². The van der Waals surface area contributed by atoms with E-state index in [1.165, 1.54) is 17.7 Å². The maximum atomic E-state index is 9.69. The monoisotopic (exact) mass is 309 g/mol. The molecule has 2 N–H and O–H groups in total. The molecule has 0 amide bonds. The van der Waals surface area contributed by atoms with Crippen molar-refractivity contribution in [2.75, 3.05) is 18.6 Å². The SMILES string of the molecule is CSCCCN(Cc1cccc(O)c1)C1CCC(O)CC1. The molecule has 1 aromatic rings. The van der Waals surface area contributed by atoms with Gasteiger partial charge in [0.25, 0.3) is 0 Å². The molecule has 1 aliphatic rings. The van der Waals surface area contributed by atoms with Crippen LogP contribution >= 0.6 is 11.8 Å². The number of phenolic OH excluding ortho intramolecular Hbond substituents is 1. The van der Waals surface area contributed by atoms with E-state index in [-0.39, 0.29) is 6.10 Å². The fraction of sp³-hybridized carbons (Fsp3) is 0.647. The van der Waals surface area contributed by atoms with Crippen molar-refractivity contribution in [1.29, 1.82) is 0 Å². The number of benzene rings is 1. The molecule has 1 aromatic carbocycles. The summed E-state index contributed by atoms with van der Waals surface area (Å²) in [5.74, 6) is 1.53. The summed E-state index contributed by atoms with van der Waals surface area (Å²) in [7, 11) is 0. The van der Waals surface area contributed by atoms with Gasteiger partial charge < -0.3 is 10.2 Å². The molecule has 21 heavy (non-hydrogen) atoms. The van der Waals surface area contributed by atoms with E-state index in [1.54, 1.807) is 6.07 Å². The molecule has 0 radical (unpaired) electrons. The van der Waals surface area contributed by atoms with Gasteiger partial charge >= 0.3 is 0 Å². The molecule has 0 heterocycles. The Morgan fingerprint density at radius 3 is 2.67 bits per heavy atom. The highest BCUT2D eigenvalue weighted by atomic mass is 32.2. The van der Waals surface area contributed by atoms with E-state index < -0.39 is 0 Å². The molecule has 0 atom stereocenters. The summed E-state index contributed by atoms with van der Waals surface area (Å²) >= 11 is 1.89. The number of thioether (sulfide) groups is 1. The van der Waals surface area contributed by atoms with Gasteiger partial charge in [-0.05, 0) is 68.4 Å². The van der Waals surface area contributed by atoms with Gasteiger partial charge in [0.2, 0.25) is 0 Å². The van der Waals surface area contributed by atoms with E-state index in [4.69, 9.17) is 0 Å². The molecule has 3 nitrogen and oxygen atoms in total. The summed E-state index contributed by atoms with van der Waals surface area (Å²) in [5.41, 5.74) is 1.17. The number of aliphatic hydroxyl groups is 1. The highest BCUT2D eigenvalue weighted by Gasteiger charge is 2.24. The van der Waals surface area contributed by atoms with Crippen molar-refractivity contribution >= 4 is 11.8 Å². The number of nitrogens with zero attached hydrogens (tertiary/aromatic N) is 1. The van der Waals surface area contributed by atoms with Gasteiger partial charge in [-0.25, -0.2) is 0 Å². The highest BCUT2D eigenvalue weighted by molar-refractivity contribution is 7.98. The lowest BCUT2D eigenvalue weighted by molar-refractivity contribution is 0.0703. The van der Waals surface area contributed by atoms with Crippen LogP contribution in [0.1, 0.15) is 37.7 Å². The summed E-state index contributed by atoms with van der Waals surface area (Å²) in [4.78, 5) is 2.54. The number of hydrogen-bond donors (Lipinski definition) is 2. The van der Waals surface area contributed by atoms with Crippen LogP contribution < -0.4 is 0 Å². The van der Waals surface area contributed by atoms with Crippen LogP contribution in [0.3, 0.4) is 0 Å². The Balaban J connectivity index is 1.97. The molecular weight excluding hydrogens is 282 g/mol. The molecule has 1 saturated carbocycles. The van der Waals surface area contributed by atoms with Gasteiger partial charge in [-0.2, -0.15) is 11.8 Å². The Kier molecular flexibility index (Phi) is 6.87. The molecule has 0 aromatic heterocycles. The van der Waals surface area contributed by atoms with E-state index in [0.717, 1.165) is 38.8 Å². The van der Waals surface area contributed by atoms with Gasteiger partial charge in [0.15, 0.2) is 0 Å². The molecule has 1 fully saturated rings. The van der Waals surface area contributed by atoms with Gasteiger partial charge in [-0.15, -0.1) is 0 Å². The second-order valence-electron chi connectivity index (χ2n) is 5.95. The third-order valence-corrected chi connectivity index (χ3v) is 4.97. The zero-order valence-electron chi connectivity index (χ0n) is 12.9. The number of phenols is 1. The highest BCUT2D eigenvalue weighted by Crippen LogP contribution is 2.25. The first-order chi connectivity index (χ1) is 10.2. The Morgan fingerprint density at radius 2 is 2.00 bits per heavy atom. The molecule has 0 unspecified atom stereocenters. The lowest BCUT2D eigenvalue weighted by atomic mass is 9.91. The van der Waals surface area contributed by atoms with Gasteiger partial charge in [0, 0.05) is 12.6 Å². The minimum absolute atomic E-state index is 0.102. The minimum atomic E-state index is -0.102. The standard InChI is InChI=1S/C17H27NO2S/c1-21-11-3-10-18(15-6-8-16(19)9-7-15)13-14-4-2-5-17(20)12-14/h2,4-5,12,15-16,19-20H,3,6-11,13H2,1H3. The van der Waals surface area contributed by atoms with Crippen molar-refractivity contribution in [3.05, 3.63) is 29.8 Å². The fourth-order valence-corrected chi connectivity index (χ4v) is 3.53. The van der Waals surface area contributed by atoms with E-state index in [0.29, 0.717) is 11.8 Å². The molecule has 0 spiro atoms. The van der Waals surface area contributed by atoms with Gasteiger partial charge in [-0.3, -0.25) is 4.90 Å². The van der Waals surface area contributed by atoms with Crippen LogP contribution in [0.5, 0.6) is 5.75 Å². The zero-order valence-corrected chi connectivity index (χ0v) is 13.7. The van der Waals surface area contributed by atoms with Crippen LogP contribution in [0.2, 0.25) is 0 Å². The zero-order chi connectivity index (χ0) is 15.1. The molecule has 2 rings (SSSR count). The van der Waals surface area contributed by atoms with E-state index >= 15 is 0 Å². The number of aliphatic hydroxyl groups excluding tert-OH is 1. The largest absolute Gasteiger partial charge is 0.508 e. The van der Waals surface area contributed by atoms with Crippen molar-refractivity contribution in [3.8, 4) is 5.75 Å². The Bertz CT molecular complexity index is 419. The second-order valence-corrected chi connectivity index (χ2v) is 6.93. The summed E-state index contributed by atoms with van der Waals surface area (Å²) in [6.07, 6.45) is 7.25. The van der Waals surface area contributed by atoms with Crippen LogP contribution in [0, 0.1) is 0 Å². The lowest BCUT2D eigenvalue weighted by Crippen LogP contribution is -2.39. The summed E-state index contributed by atoms with van der Waals surface area (Å²) in [6, 6.07) is 8.14. The van der Waals surface area contributed by atoms with Crippen LogP contribution in [0.4, 0.5) is 0 Å².